The van der Waals surface area contributed by atoms with Crippen molar-refractivity contribution in [3.05, 3.63) is 59.7 Å². The number of fused-ring (bicyclic) bond motifs is 1. The third kappa shape index (κ3) is 6.04. The molecule has 11 heteroatoms. The van der Waals surface area contributed by atoms with Crippen LogP contribution in [0.25, 0.3) is 0 Å². The molecule has 0 bridgehead atoms. The minimum absolute atomic E-state index is 0.000520. The molecule has 3 amide bonds. The Kier molecular flexibility index (Phi) is 7.18. The Labute approximate surface area is 200 Å². The van der Waals surface area contributed by atoms with E-state index in [-0.39, 0.29) is 18.9 Å². The molecule has 2 aromatic rings. The molecular weight excluding hydrogens is 467 g/mol. The molecule has 2 aliphatic rings. The molecule has 8 nitrogen and oxygen atoms in total. The molecule has 35 heavy (non-hydrogen) atoms. The van der Waals surface area contributed by atoms with Gasteiger partial charge < -0.3 is 24.8 Å². The van der Waals surface area contributed by atoms with Crippen LogP contribution in [-0.4, -0.2) is 49.7 Å². The molecule has 4 rings (SSSR count). The summed E-state index contributed by atoms with van der Waals surface area (Å²) >= 11 is 0. The maximum absolute atomic E-state index is 12.9. The third-order valence-corrected chi connectivity index (χ3v) is 5.85. The fraction of sp³-hybridized carbons (Fsp3) is 0.417. The van der Waals surface area contributed by atoms with Gasteiger partial charge in [0.05, 0.1) is 24.8 Å². The second-order valence-electron chi connectivity index (χ2n) is 8.72. The molecule has 188 valence electrons. The molecule has 0 saturated carbocycles. The molecule has 2 fully saturated rings. The number of anilines is 2. The summed E-state index contributed by atoms with van der Waals surface area (Å²) in [5.74, 6) is 0.372. The number of urea groups is 1. The predicted octanol–water partition coefficient (Wildman–Crippen LogP) is 4.73. The molecule has 0 spiro atoms. The van der Waals surface area contributed by atoms with E-state index in [2.05, 4.69) is 29.8 Å². The summed E-state index contributed by atoms with van der Waals surface area (Å²) in [6, 6.07) is 10.5. The number of hydrogen-bond acceptors (Lipinski definition) is 5. The van der Waals surface area contributed by atoms with Crippen LogP contribution < -0.4 is 16.0 Å². The summed E-state index contributed by atoms with van der Waals surface area (Å²) in [6.07, 6.45) is -6.99. The minimum atomic E-state index is -4.52. The second kappa shape index (κ2) is 10.1. The number of carbonyl (C=O) groups excluding carboxylic acids is 2. The van der Waals surface area contributed by atoms with E-state index in [1.165, 1.54) is 12.1 Å². The Hall–Kier alpha value is -3.31. The van der Waals surface area contributed by atoms with Crippen molar-refractivity contribution in [3.63, 3.8) is 0 Å². The van der Waals surface area contributed by atoms with Crippen LogP contribution in [0.2, 0.25) is 0 Å². The van der Waals surface area contributed by atoms with Gasteiger partial charge in [-0.3, -0.25) is 5.32 Å². The molecule has 0 radical (unpaired) electrons. The predicted molar refractivity (Wildman–Crippen MR) is 121 cm³/mol. The van der Waals surface area contributed by atoms with Gasteiger partial charge in [-0.2, -0.15) is 13.2 Å². The third-order valence-electron chi connectivity index (χ3n) is 5.85. The molecule has 2 aliphatic heterocycles. The van der Waals surface area contributed by atoms with E-state index < -0.39 is 48.2 Å². The molecule has 2 saturated heterocycles. The van der Waals surface area contributed by atoms with Gasteiger partial charge in [-0.1, -0.05) is 32.0 Å². The number of hydrogen-bond donors (Lipinski definition) is 3. The second-order valence-corrected chi connectivity index (χ2v) is 8.72. The average molecular weight is 493 g/mol. The van der Waals surface area contributed by atoms with Crippen LogP contribution in [0.1, 0.15) is 30.9 Å². The summed E-state index contributed by atoms with van der Waals surface area (Å²) in [7, 11) is 0. The number of benzene rings is 2. The van der Waals surface area contributed by atoms with Gasteiger partial charge in [-0.15, -0.1) is 0 Å². The van der Waals surface area contributed by atoms with Crippen molar-refractivity contribution in [2.45, 2.75) is 50.3 Å². The zero-order valence-electron chi connectivity index (χ0n) is 19.1. The molecule has 2 heterocycles. The maximum atomic E-state index is 12.9. The Morgan fingerprint density at radius 3 is 2.37 bits per heavy atom. The summed E-state index contributed by atoms with van der Waals surface area (Å²) in [6.45, 7) is 4.34. The number of rotatable bonds is 5. The highest BCUT2D eigenvalue weighted by atomic mass is 19.4. The fourth-order valence-corrected chi connectivity index (χ4v) is 4.03. The lowest BCUT2D eigenvalue weighted by atomic mass is 10.0. The molecule has 4 atom stereocenters. The molecule has 0 aliphatic carbocycles. The minimum Gasteiger partial charge on any atom is -0.441 e. The SMILES string of the molecule is CC(C)c1ccc(NC(=O)O[C@@H]2CO[C@H]3[C@@H]2OC[C@@H]3NC(=O)Nc2cccc(C(F)(F)F)c2)cc1. The number of amides is 3. The summed E-state index contributed by atoms with van der Waals surface area (Å²) in [4.78, 5) is 24.7. The van der Waals surface area contributed by atoms with Crippen LogP contribution in [0.15, 0.2) is 48.5 Å². The zero-order chi connectivity index (χ0) is 25.2. The highest BCUT2D eigenvalue weighted by molar-refractivity contribution is 5.89. The van der Waals surface area contributed by atoms with Crippen molar-refractivity contribution in [1.29, 1.82) is 0 Å². The smallest absolute Gasteiger partial charge is 0.416 e. The Balaban J connectivity index is 1.27. The lowest BCUT2D eigenvalue weighted by Crippen LogP contribution is -2.46. The van der Waals surface area contributed by atoms with E-state index in [4.69, 9.17) is 14.2 Å². The lowest BCUT2D eigenvalue weighted by Gasteiger charge is -2.18. The van der Waals surface area contributed by atoms with Gasteiger partial charge in [-0.25, -0.2) is 9.59 Å². The van der Waals surface area contributed by atoms with Gasteiger partial charge in [0.25, 0.3) is 0 Å². The quantitative estimate of drug-likeness (QED) is 0.559. The first-order valence-electron chi connectivity index (χ1n) is 11.2. The maximum Gasteiger partial charge on any atom is 0.416 e. The van der Waals surface area contributed by atoms with Crippen LogP contribution >= 0.6 is 0 Å². The van der Waals surface area contributed by atoms with Gasteiger partial charge in [0.2, 0.25) is 0 Å². The normalized spacial score (nSPS) is 23.6. The summed E-state index contributed by atoms with van der Waals surface area (Å²) in [5.41, 5.74) is 0.867. The number of nitrogens with one attached hydrogen (secondary N) is 3. The molecule has 3 N–H and O–H groups in total. The number of ether oxygens (including phenoxy) is 3. The Bertz CT molecular complexity index is 1060. The van der Waals surface area contributed by atoms with Gasteiger partial charge in [-0.05, 0) is 41.8 Å². The van der Waals surface area contributed by atoms with Crippen molar-refractivity contribution in [2.24, 2.45) is 0 Å². The zero-order valence-corrected chi connectivity index (χ0v) is 19.1. The number of alkyl halides is 3. The van der Waals surface area contributed by atoms with E-state index in [1.54, 1.807) is 12.1 Å². The van der Waals surface area contributed by atoms with Crippen molar-refractivity contribution in [3.8, 4) is 0 Å². The first kappa shape index (κ1) is 24.8. The van der Waals surface area contributed by atoms with E-state index in [1.807, 2.05) is 12.1 Å². The first-order valence-corrected chi connectivity index (χ1v) is 11.2. The monoisotopic (exact) mass is 493 g/mol. The largest absolute Gasteiger partial charge is 0.441 e. The Morgan fingerprint density at radius 1 is 0.971 bits per heavy atom. The molecular formula is C24H26F3N3O5. The van der Waals surface area contributed by atoms with Crippen molar-refractivity contribution >= 4 is 23.5 Å². The highest BCUT2D eigenvalue weighted by Crippen LogP contribution is 2.31. The van der Waals surface area contributed by atoms with Crippen LogP contribution in [0.3, 0.4) is 0 Å². The molecule has 0 unspecified atom stereocenters. The van der Waals surface area contributed by atoms with Gasteiger partial charge in [0.1, 0.15) is 12.2 Å². The van der Waals surface area contributed by atoms with E-state index >= 15 is 0 Å². The standard InChI is InChI=1S/C24H26F3N3O5/c1-13(2)14-6-8-16(9-7-14)29-23(32)35-19-12-34-20-18(11-33-21(19)20)30-22(31)28-17-5-3-4-15(10-17)24(25,26)27/h3-10,13,18-21H,11-12H2,1-2H3,(H,29,32)(H2,28,30,31)/t18-,19+,20+,21+/m0/s1. The van der Waals surface area contributed by atoms with E-state index in [9.17, 15) is 22.8 Å². The van der Waals surface area contributed by atoms with Gasteiger partial charge in [0.15, 0.2) is 6.10 Å². The molecule has 2 aromatic carbocycles. The van der Waals surface area contributed by atoms with Crippen molar-refractivity contribution in [1.82, 2.24) is 5.32 Å². The number of halogens is 3. The van der Waals surface area contributed by atoms with E-state index in [0.29, 0.717) is 11.6 Å². The van der Waals surface area contributed by atoms with Crippen LogP contribution in [-0.2, 0) is 20.4 Å². The van der Waals surface area contributed by atoms with Crippen LogP contribution in [0.4, 0.5) is 34.1 Å². The van der Waals surface area contributed by atoms with Crippen LogP contribution in [0.5, 0.6) is 0 Å². The fourth-order valence-electron chi connectivity index (χ4n) is 4.03. The van der Waals surface area contributed by atoms with Gasteiger partial charge in [0, 0.05) is 11.4 Å². The van der Waals surface area contributed by atoms with Gasteiger partial charge >= 0.3 is 18.3 Å². The Morgan fingerprint density at radius 2 is 1.69 bits per heavy atom. The summed E-state index contributed by atoms with van der Waals surface area (Å²) < 4.78 is 55.5. The first-order chi connectivity index (χ1) is 16.6. The highest BCUT2D eigenvalue weighted by Gasteiger charge is 2.50. The number of carbonyl (C=O) groups is 2. The lowest BCUT2D eigenvalue weighted by molar-refractivity contribution is -0.137. The summed E-state index contributed by atoms with van der Waals surface area (Å²) in [5, 5.41) is 7.70. The van der Waals surface area contributed by atoms with E-state index in [0.717, 1.165) is 17.7 Å². The average Bonchev–Trinajstić information content (AvgIpc) is 3.37. The topological polar surface area (TPSA) is 97.9 Å². The van der Waals surface area contributed by atoms with Crippen LogP contribution in [0, 0.1) is 0 Å². The van der Waals surface area contributed by atoms with Crippen molar-refractivity contribution < 1.29 is 37.0 Å². The molecule has 0 aromatic heterocycles. The van der Waals surface area contributed by atoms with Crippen molar-refractivity contribution in [2.75, 3.05) is 23.8 Å².